The highest BCUT2D eigenvalue weighted by Gasteiger charge is 2.16. The first-order chi connectivity index (χ1) is 13.6. The molecule has 1 aliphatic heterocycles. The number of ketones is 1. The Bertz CT molecular complexity index is 982. The van der Waals surface area contributed by atoms with E-state index in [-0.39, 0.29) is 12.2 Å². The summed E-state index contributed by atoms with van der Waals surface area (Å²) in [4.78, 5) is 26.2. The van der Waals surface area contributed by atoms with Crippen LogP contribution in [0.3, 0.4) is 0 Å². The van der Waals surface area contributed by atoms with E-state index in [1.54, 1.807) is 10.9 Å². The van der Waals surface area contributed by atoms with Crippen LogP contribution >= 0.6 is 0 Å². The third-order valence-electron chi connectivity index (χ3n) is 5.24. The molecule has 0 aliphatic carbocycles. The molecule has 0 amide bonds. The summed E-state index contributed by atoms with van der Waals surface area (Å²) in [6.45, 7) is 4.50. The van der Waals surface area contributed by atoms with Gasteiger partial charge in [-0.1, -0.05) is 12.1 Å². The van der Waals surface area contributed by atoms with Gasteiger partial charge < -0.3 is 4.90 Å². The number of hydrogen-bond donors (Lipinski definition) is 0. The van der Waals surface area contributed by atoms with Gasteiger partial charge in [0.1, 0.15) is 5.82 Å². The molecule has 0 N–H and O–H groups in total. The first-order valence-corrected chi connectivity index (χ1v) is 9.74. The van der Waals surface area contributed by atoms with E-state index in [0.29, 0.717) is 12.4 Å². The molecule has 0 saturated carbocycles. The molecule has 2 aromatic heterocycles. The molecule has 1 aromatic carbocycles. The van der Waals surface area contributed by atoms with Gasteiger partial charge in [-0.3, -0.25) is 14.4 Å². The van der Waals surface area contributed by atoms with Crippen LogP contribution in [0.5, 0.6) is 0 Å². The normalized spacial score (nSPS) is 16.4. The van der Waals surface area contributed by atoms with Crippen molar-refractivity contribution in [1.29, 1.82) is 0 Å². The second kappa shape index (κ2) is 8.16. The van der Waals surface area contributed by atoms with Crippen molar-refractivity contribution in [2.45, 2.75) is 12.8 Å². The highest BCUT2D eigenvalue weighted by atomic mass is 16.1. The Balaban J connectivity index is 1.46. The van der Waals surface area contributed by atoms with Crippen molar-refractivity contribution in [3.63, 3.8) is 0 Å². The molecule has 1 fully saturated rings. The molecule has 0 unspecified atom stereocenters. The van der Waals surface area contributed by atoms with Crippen molar-refractivity contribution in [3.8, 4) is 11.1 Å². The summed E-state index contributed by atoms with van der Waals surface area (Å²) in [5.74, 6) is 0.764. The lowest BCUT2D eigenvalue weighted by Gasteiger charge is -2.18. The summed E-state index contributed by atoms with van der Waals surface area (Å²) in [6.07, 6.45) is 7.00. The van der Waals surface area contributed by atoms with Crippen LogP contribution in [0.25, 0.3) is 22.0 Å². The number of aryl methyl sites for hydroxylation is 1. The van der Waals surface area contributed by atoms with E-state index < -0.39 is 0 Å². The van der Waals surface area contributed by atoms with Crippen LogP contribution in [0.2, 0.25) is 0 Å². The van der Waals surface area contributed by atoms with Crippen molar-refractivity contribution in [1.82, 2.24) is 29.5 Å². The van der Waals surface area contributed by atoms with Gasteiger partial charge in [-0.25, -0.2) is 9.97 Å². The van der Waals surface area contributed by atoms with Crippen LogP contribution in [0.4, 0.5) is 0 Å². The van der Waals surface area contributed by atoms with Gasteiger partial charge in [0, 0.05) is 43.5 Å². The molecule has 0 bridgehead atoms. The zero-order chi connectivity index (χ0) is 19.5. The van der Waals surface area contributed by atoms with Gasteiger partial charge in [-0.05, 0) is 38.2 Å². The van der Waals surface area contributed by atoms with E-state index in [4.69, 9.17) is 0 Å². The van der Waals surface area contributed by atoms with Crippen molar-refractivity contribution < 1.29 is 4.79 Å². The highest BCUT2D eigenvalue weighted by molar-refractivity contribution is 5.85. The topological polar surface area (TPSA) is 67.2 Å². The fourth-order valence-corrected chi connectivity index (χ4v) is 3.64. The Morgan fingerprint density at radius 2 is 1.96 bits per heavy atom. The van der Waals surface area contributed by atoms with Gasteiger partial charge in [0.15, 0.2) is 5.78 Å². The number of carbonyl (C=O) groups is 1. The van der Waals surface area contributed by atoms with E-state index >= 15 is 0 Å². The van der Waals surface area contributed by atoms with Crippen LogP contribution in [-0.4, -0.2) is 75.1 Å². The number of aromatic nitrogens is 4. The van der Waals surface area contributed by atoms with Crippen LogP contribution < -0.4 is 0 Å². The molecule has 7 heteroatoms. The SMILES string of the molecule is CN1CCCN(CC(=O)Cc2ncc3ccc(-c4cnn(C)c4)cc3n2)CC1. The minimum Gasteiger partial charge on any atom is -0.305 e. The molecule has 1 saturated heterocycles. The quantitative estimate of drug-likeness (QED) is 0.674. The molecule has 28 heavy (non-hydrogen) atoms. The molecular weight excluding hydrogens is 352 g/mol. The maximum atomic E-state index is 12.6. The van der Waals surface area contributed by atoms with Crippen molar-refractivity contribution in [2.75, 3.05) is 39.8 Å². The lowest BCUT2D eigenvalue weighted by atomic mass is 10.1. The largest absolute Gasteiger partial charge is 0.305 e. The number of hydrogen-bond acceptors (Lipinski definition) is 6. The molecule has 0 atom stereocenters. The smallest absolute Gasteiger partial charge is 0.154 e. The fourth-order valence-electron chi connectivity index (χ4n) is 3.64. The lowest BCUT2D eigenvalue weighted by Crippen LogP contribution is -2.34. The Hall–Kier alpha value is -2.64. The Morgan fingerprint density at radius 3 is 2.79 bits per heavy atom. The van der Waals surface area contributed by atoms with Crippen molar-refractivity contribution in [3.05, 3.63) is 42.6 Å². The average molecular weight is 378 g/mol. The monoisotopic (exact) mass is 378 g/mol. The Labute approximate surface area is 165 Å². The summed E-state index contributed by atoms with van der Waals surface area (Å²) in [6, 6.07) is 6.09. The van der Waals surface area contributed by atoms with Crippen LogP contribution in [0.15, 0.2) is 36.8 Å². The highest BCUT2D eigenvalue weighted by Crippen LogP contribution is 2.22. The number of Topliss-reactive ketones (excluding diaryl/α,β-unsaturated/α-hetero) is 1. The number of rotatable bonds is 5. The van der Waals surface area contributed by atoms with Crippen molar-refractivity contribution >= 4 is 16.7 Å². The molecule has 146 valence electrons. The first-order valence-electron chi connectivity index (χ1n) is 9.74. The first kappa shape index (κ1) is 18.7. The molecule has 0 spiro atoms. The zero-order valence-corrected chi connectivity index (χ0v) is 16.5. The number of likely N-dealkylation sites (N-methyl/N-ethyl adjacent to an activating group) is 1. The summed E-state index contributed by atoms with van der Waals surface area (Å²) in [5.41, 5.74) is 2.97. The minimum atomic E-state index is 0.173. The molecule has 0 radical (unpaired) electrons. The second-order valence-electron chi connectivity index (χ2n) is 7.61. The fraction of sp³-hybridized carbons (Fsp3) is 0.429. The molecular formula is C21H26N6O. The van der Waals surface area contributed by atoms with Crippen LogP contribution in [0.1, 0.15) is 12.2 Å². The van der Waals surface area contributed by atoms with Gasteiger partial charge in [0.05, 0.1) is 24.7 Å². The van der Waals surface area contributed by atoms with Gasteiger partial charge in [-0.15, -0.1) is 0 Å². The van der Waals surface area contributed by atoms with E-state index in [1.165, 1.54) is 0 Å². The number of benzene rings is 1. The Kier molecular flexibility index (Phi) is 5.45. The van der Waals surface area contributed by atoms with Gasteiger partial charge in [0.25, 0.3) is 0 Å². The number of nitrogens with zero attached hydrogens (tertiary/aromatic N) is 6. The third-order valence-corrected chi connectivity index (χ3v) is 5.24. The number of carbonyl (C=O) groups excluding carboxylic acids is 1. The maximum Gasteiger partial charge on any atom is 0.154 e. The lowest BCUT2D eigenvalue weighted by molar-refractivity contribution is -0.119. The molecule has 3 aromatic rings. The van der Waals surface area contributed by atoms with E-state index in [1.807, 2.05) is 37.6 Å². The minimum absolute atomic E-state index is 0.173. The third kappa shape index (κ3) is 4.43. The predicted octanol–water partition coefficient (Wildman–Crippen LogP) is 1.78. The average Bonchev–Trinajstić information content (AvgIpc) is 3.01. The zero-order valence-electron chi connectivity index (χ0n) is 16.5. The molecule has 4 rings (SSSR count). The Morgan fingerprint density at radius 1 is 1.07 bits per heavy atom. The van der Waals surface area contributed by atoms with Crippen LogP contribution in [0, 0.1) is 0 Å². The van der Waals surface area contributed by atoms with Gasteiger partial charge in [0.2, 0.25) is 0 Å². The standard InChI is InChI=1S/C21H26N6O/c1-25-6-3-7-27(9-8-25)15-19(28)11-21-22-12-17-5-4-16(10-20(17)24-21)18-13-23-26(2)14-18/h4-5,10,12-14H,3,6-9,11,15H2,1-2H3. The van der Waals surface area contributed by atoms with E-state index in [2.05, 4.69) is 31.9 Å². The predicted molar refractivity (Wildman–Crippen MR) is 109 cm³/mol. The van der Waals surface area contributed by atoms with E-state index in [9.17, 15) is 4.79 Å². The van der Waals surface area contributed by atoms with Crippen LogP contribution in [-0.2, 0) is 18.3 Å². The summed E-state index contributed by atoms with van der Waals surface area (Å²) >= 11 is 0. The molecule has 1 aliphatic rings. The van der Waals surface area contributed by atoms with Crippen molar-refractivity contribution in [2.24, 2.45) is 7.05 Å². The number of fused-ring (bicyclic) bond motifs is 1. The second-order valence-corrected chi connectivity index (χ2v) is 7.61. The summed E-state index contributed by atoms with van der Waals surface area (Å²) < 4.78 is 1.78. The molecule has 3 heterocycles. The maximum absolute atomic E-state index is 12.6. The van der Waals surface area contributed by atoms with Gasteiger partial charge >= 0.3 is 0 Å². The summed E-state index contributed by atoms with van der Waals surface area (Å²) in [7, 11) is 4.03. The van der Waals surface area contributed by atoms with Gasteiger partial charge in [-0.2, -0.15) is 5.10 Å². The summed E-state index contributed by atoms with van der Waals surface area (Å²) in [5, 5.41) is 5.20. The molecule has 7 nitrogen and oxygen atoms in total. The van der Waals surface area contributed by atoms with E-state index in [0.717, 1.165) is 54.6 Å².